The van der Waals surface area contributed by atoms with Gasteiger partial charge in [0.1, 0.15) is 13.2 Å². The lowest BCUT2D eigenvalue weighted by atomic mass is 9.93. The smallest absolute Gasteiger partial charge is 0.230 e. The predicted octanol–water partition coefficient (Wildman–Crippen LogP) is 4.05. The number of carbonyl (C=O) groups excluding carboxylic acids is 1. The average Bonchev–Trinajstić information content (AvgIpc) is 2.95. The number of rotatable bonds is 3. The number of hydrogen-bond donors (Lipinski definition) is 1. The van der Waals surface area contributed by atoms with E-state index in [0.717, 1.165) is 11.3 Å². The molecule has 3 rings (SSSR count). The molecular weight excluding hydrogens is 348 g/mol. The molecule has 0 saturated carbocycles. The second-order valence-electron chi connectivity index (χ2n) is 6.61. The molecule has 0 radical (unpaired) electrons. The average molecular weight is 367 g/mol. The van der Waals surface area contributed by atoms with Gasteiger partial charge >= 0.3 is 0 Å². The van der Waals surface area contributed by atoms with Crippen molar-refractivity contribution in [1.82, 2.24) is 4.98 Å². The third-order valence-corrected chi connectivity index (χ3v) is 4.58. The van der Waals surface area contributed by atoms with Gasteiger partial charge in [-0.2, -0.15) is 0 Å². The van der Waals surface area contributed by atoms with Crippen molar-refractivity contribution in [3.63, 3.8) is 0 Å². The molecule has 1 amide bonds. The van der Waals surface area contributed by atoms with E-state index < -0.39 is 0 Å². The maximum atomic E-state index is 12.3. The molecule has 0 saturated heterocycles. The lowest BCUT2D eigenvalue weighted by molar-refractivity contribution is -0.115. The van der Waals surface area contributed by atoms with Gasteiger partial charge < -0.3 is 14.8 Å². The fourth-order valence-electron chi connectivity index (χ4n) is 2.29. The van der Waals surface area contributed by atoms with Crippen LogP contribution >= 0.6 is 22.9 Å². The highest BCUT2D eigenvalue weighted by Gasteiger charge is 2.20. The normalized spacial score (nSPS) is 13.7. The van der Waals surface area contributed by atoms with Gasteiger partial charge in [0.25, 0.3) is 0 Å². The standard InChI is InChI=1S/C17H19ClN2O3S/c1-17(2,3)13-9-24-16(19-13)20-14(21)8-10-6-11(18)15-12(7-10)22-4-5-23-15/h6-7,9H,4-5,8H2,1-3H3,(H,19,20,21). The van der Waals surface area contributed by atoms with Gasteiger partial charge in [0, 0.05) is 10.8 Å². The van der Waals surface area contributed by atoms with E-state index in [0.29, 0.717) is 34.9 Å². The van der Waals surface area contributed by atoms with Crippen LogP contribution in [0, 0.1) is 0 Å². The van der Waals surface area contributed by atoms with Crippen molar-refractivity contribution < 1.29 is 14.3 Å². The third-order valence-electron chi connectivity index (χ3n) is 3.54. The summed E-state index contributed by atoms with van der Waals surface area (Å²) in [6.07, 6.45) is 0.195. The number of aromatic nitrogens is 1. The summed E-state index contributed by atoms with van der Waals surface area (Å²) in [5, 5.41) is 5.87. The minimum absolute atomic E-state index is 0.0389. The highest BCUT2D eigenvalue weighted by molar-refractivity contribution is 7.13. The predicted molar refractivity (Wildman–Crippen MR) is 95.6 cm³/mol. The van der Waals surface area contributed by atoms with E-state index in [9.17, 15) is 4.79 Å². The number of carbonyl (C=O) groups is 1. The molecule has 0 spiro atoms. The van der Waals surface area contributed by atoms with E-state index in [-0.39, 0.29) is 17.7 Å². The zero-order valence-electron chi connectivity index (χ0n) is 13.8. The summed E-state index contributed by atoms with van der Waals surface area (Å²) in [5.74, 6) is 0.986. The van der Waals surface area contributed by atoms with Crippen LogP contribution in [0.25, 0.3) is 0 Å². The fraction of sp³-hybridized carbons (Fsp3) is 0.412. The number of amides is 1. The molecule has 0 unspecified atom stereocenters. The van der Waals surface area contributed by atoms with Crippen LogP contribution in [0.1, 0.15) is 32.0 Å². The molecule has 1 aliphatic heterocycles. The van der Waals surface area contributed by atoms with Crippen LogP contribution in [0.4, 0.5) is 5.13 Å². The lowest BCUT2D eigenvalue weighted by Crippen LogP contribution is -2.18. The second kappa shape index (κ2) is 6.61. The van der Waals surface area contributed by atoms with Crippen molar-refractivity contribution in [1.29, 1.82) is 0 Å². The quantitative estimate of drug-likeness (QED) is 0.890. The Balaban J connectivity index is 1.69. The molecular formula is C17H19ClN2O3S. The molecule has 2 heterocycles. The number of halogens is 1. The van der Waals surface area contributed by atoms with Gasteiger partial charge in [-0.3, -0.25) is 4.79 Å². The van der Waals surface area contributed by atoms with Gasteiger partial charge in [0.15, 0.2) is 16.6 Å². The molecule has 0 aliphatic carbocycles. The minimum Gasteiger partial charge on any atom is -0.486 e. The van der Waals surface area contributed by atoms with Crippen molar-refractivity contribution in [3.05, 3.63) is 33.8 Å². The number of hydrogen-bond acceptors (Lipinski definition) is 5. The van der Waals surface area contributed by atoms with Crippen LogP contribution in [0.15, 0.2) is 17.5 Å². The van der Waals surface area contributed by atoms with Crippen LogP contribution in [-0.4, -0.2) is 24.1 Å². The Hall–Kier alpha value is -1.79. The highest BCUT2D eigenvalue weighted by atomic mass is 35.5. The summed E-state index contributed by atoms with van der Waals surface area (Å²) in [5.41, 5.74) is 1.70. The minimum atomic E-state index is -0.141. The van der Waals surface area contributed by atoms with E-state index >= 15 is 0 Å². The van der Waals surface area contributed by atoms with E-state index in [1.165, 1.54) is 11.3 Å². The summed E-state index contributed by atoms with van der Waals surface area (Å²) in [4.78, 5) is 16.7. The number of nitrogens with one attached hydrogen (secondary N) is 1. The largest absolute Gasteiger partial charge is 0.486 e. The molecule has 2 aromatic rings. The molecule has 1 aromatic heterocycles. The molecule has 0 atom stereocenters. The SMILES string of the molecule is CC(C)(C)c1csc(NC(=O)Cc2cc(Cl)c3c(c2)OCCO3)n1. The zero-order chi connectivity index (χ0) is 17.3. The molecule has 128 valence electrons. The van der Waals surface area contributed by atoms with E-state index in [2.05, 4.69) is 31.1 Å². The molecule has 1 N–H and O–H groups in total. The molecule has 0 fully saturated rings. The monoisotopic (exact) mass is 366 g/mol. The summed E-state index contributed by atoms with van der Waals surface area (Å²) in [6.45, 7) is 7.22. The van der Waals surface area contributed by atoms with Gasteiger partial charge in [-0.25, -0.2) is 4.98 Å². The number of benzene rings is 1. The van der Waals surface area contributed by atoms with Crippen LogP contribution in [0.3, 0.4) is 0 Å². The first-order valence-corrected chi connectivity index (χ1v) is 8.92. The Morgan fingerprint density at radius 2 is 2.08 bits per heavy atom. The topological polar surface area (TPSA) is 60.5 Å². The molecule has 24 heavy (non-hydrogen) atoms. The number of nitrogens with zero attached hydrogens (tertiary/aromatic N) is 1. The van der Waals surface area contributed by atoms with Crippen LogP contribution in [0.2, 0.25) is 5.02 Å². The Morgan fingerprint density at radius 3 is 2.79 bits per heavy atom. The first kappa shape index (κ1) is 17.0. The number of thiazole rings is 1. The Bertz CT molecular complexity index is 768. The van der Waals surface area contributed by atoms with Gasteiger partial charge in [0.2, 0.25) is 5.91 Å². The van der Waals surface area contributed by atoms with Crippen molar-refractivity contribution in [2.24, 2.45) is 0 Å². The maximum Gasteiger partial charge on any atom is 0.230 e. The molecule has 0 bridgehead atoms. The summed E-state index contributed by atoms with van der Waals surface area (Å²) < 4.78 is 11.0. The van der Waals surface area contributed by atoms with E-state index in [1.54, 1.807) is 12.1 Å². The lowest BCUT2D eigenvalue weighted by Gasteiger charge is -2.20. The molecule has 1 aliphatic rings. The number of fused-ring (bicyclic) bond motifs is 1. The first-order valence-electron chi connectivity index (χ1n) is 7.67. The summed E-state index contributed by atoms with van der Waals surface area (Å²) in [7, 11) is 0. The Labute approximate surface area is 150 Å². The van der Waals surface area contributed by atoms with Crippen LogP contribution in [-0.2, 0) is 16.6 Å². The van der Waals surface area contributed by atoms with Crippen molar-refractivity contribution in [2.45, 2.75) is 32.6 Å². The van der Waals surface area contributed by atoms with E-state index in [4.69, 9.17) is 21.1 Å². The Kier molecular flexibility index (Phi) is 4.69. The molecule has 5 nitrogen and oxygen atoms in total. The molecule has 7 heteroatoms. The van der Waals surface area contributed by atoms with E-state index in [1.807, 2.05) is 5.38 Å². The second-order valence-corrected chi connectivity index (χ2v) is 7.88. The van der Waals surface area contributed by atoms with Crippen molar-refractivity contribution in [2.75, 3.05) is 18.5 Å². The van der Waals surface area contributed by atoms with Crippen LogP contribution < -0.4 is 14.8 Å². The highest BCUT2D eigenvalue weighted by Crippen LogP contribution is 2.38. The number of anilines is 1. The zero-order valence-corrected chi connectivity index (χ0v) is 15.4. The van der Waals surface area contributed by atoms with Gasteiger partial charge in [-0.1, -0.05) is 32.4 Å². The first-order chi connectivity index (χ1) is 11.3. The van der Waals surface area contributed by atoms with Gasteiger partial charge in [-0.05, 0) is 17.7 Å². The van der Waals surface area contributed by atoms with Gasteiger partial charge in [-0.15, -0.1) is 11.3 Å². The molecule has 1 aromatic carbocycles. The summed E-state index contributed by atoms with van der Waals surface area (Å²) >= 11 is 7.63. The fourth-order valence-corrected chi connectivity index (χ4v) is 3.53. The van der Waals surface area contributed by atoms with Gasteiger partial charge in [0.05, 0.1) is 17.1 Å². The maximum absolute atomic E-state index is 12.3. The van der Waals surface area contributed by atoms with Crippen LogP contribution in [0.5, 0.6) is 11.5 Å². The number of ether oxygens (including phenoxy) is 2. The Morgan fingerprint density at radius 1 is 1.33 bits per heavy atom. The summed E-state index contributed by atoms with van der Waals surface area (Å²) in [6, 6.07) is 3.53. The third kappa shape index (κ3) is 3.82. The van der Waals surface area contributed by atoms with Crippen molar-refractivity contribution >= 4 is 34.0 Å². The van der Waals surface area contributed by atoms with Crippen molar-refractivity contribution in [3.8, 4) is 11.5 Å².